The molecule has 0 bridgehead atoms. The zero-order chi connectivity index (χ0) is 20.5. The van der Waals surface area contributed by atoms with Gasteiger partial charge in [0, 0.05) is 0 Å². The minimum Gasteiger partial charge on any atom is -0.336 e. The van der Waals surface area contributed by atoms with Crippen molar-refractivity contribution in [1.29, 1.82) is 5.26 Å². The van der Waals surface area contributed by atoms with E-state index in [1.54, 1.807) is 0 Å². The molecule has 1 unspecified atom stereocenters. The minimum absolute atomic E-state index is 0.363. The SMILES string of the molecule is N#CC1(NC(=O)CN2C(=O)NC3(CCCCc4ccccc43)C2=O)CCCCC1. The Labute approximate surface area is 170 Å². The molecule has 4 rings (SSSR count). The summed E-state index contributed by atoms with van der Waals surface area (Å²) in [7, 11) is 0. The number of nitriles is 1. The molecule has 1 aliphatic heterocycles. The van der Waals surface area contributed by atoms with Crippen molar-refractivity contribution in [2.45, 2.75) is 68.9 Å². The van der Waals surface area contributed by atoms with E-state index in [1.807, 2.05) is 24.3 Å². The molecule has 7 heteroatoms. The van der Waals surface area contributed by atoms with Crippen LogP contribution in [0.15, 0.2) is 24.3 Å². The lowest BCUT2D eigenvalue weighted by Gasteiger charge is -2.32. The summed E-state index contributed by atoms with van der Waals surface area (Å²) >= 11 is 0. The lowest BCUT2D eigenvalue weighted by Crippen LogP contribution is -2.52. The van der Waals surface area contributed by atoms with E-state index < -0.39 is 23.0 Å². The average Bonchev–Trinajstić information content (AvgIpc) is 2.87. The van der Waals surface area contributed by atoms with Gasteiger partial charge in [0.25, 0.3) is 5.91 Å². The molecular weight excluding hydrogens is 368 g/mol. The number of aryl methyl sites for hydroxylation is 1. The number of carbonyl (C=O) groups is 3. The third-order valence-electron chi connectivity index (χ3n) is 6.50. The van der Waals surface area contributed by atoms with E-state index in [0.717, 1.165) is 54.6 Å². The second kappa shape index (κ2) is 7.51. The van der Waals surface area contributed by atoms with E-state index in [9.17, 15) is 19.6 Å². The van der Waals surface area contributed by atoms with Crippen molar-refractivity contribution >= 4 is 17.8 Å². The van der Waals surface area contributed by atoms with Crippen molar-refractivity contribution in [2.24, 2.45) is 0 Å². The van der Waals surface area contributed by atoms with Crippen LogP contribution in [0.4, 0.5) is 4.79 Å². The molecule has 1 aromatic carbocycles. The van der Waals surface area contributed by atoms with Gasteiger partial charge in [-0.05, 0) is 49.7 Å². The Hall–Kier alpha value is -2.88. The maximum Gasteiger partial charge on any atom is 0.325 e. The van der Waals surface area contributed by atoms with Gasteiger partial charge in [-0.1, -0.05) is 43.5 Å². The first-order valence-corrected chi connectivity index (χ1v) is 10.4. The third-order valence-corrected chi connectivity index (χ3v) is 6.50. The van der Waals surface area contributed by atoms with Gasteiger partial charge in [0.05, 0.1) is 6.07 Å². The van der Waals surface area contributed by atoms with Gasteiger partial charge < -0.3 is 10.6 Å². The molecule has 2 fully saturated rings. The van der Waals surface area contributed by atoms with Crippen LogP contribution >= 0.6 is 0 Å². The van der Waals surface area contributed by atoms with Gasteiger partial charge in [-0.2, -0.15) is 5.26 Å². The molecule has 152 valence electrons. The van der Waals surface area contributed by atoms with Crippen molar-refractivity contribution in [3.8, 4) is 6.07 Å². The zero-order valence-electron chi connectivity index (χ0n) is 16.5. The van der Waals surface area contributed by atoms with E-state index >= 15 is 0 Å². The first-order valence-electron chi connectivity index (χ1n) is 10.4. The molecule has 1 spiro atoms. The highest BCUT2D eigenvalue weighted by molar-refractivity contribution is 6.09. The van der Waals surface area contributed by atoms with E-state index in [0.29, 0.717) is 19.3 Å². The normalized spacial score (nSPS) is 25.7. The Balaban J connectivity index is 1.55. The largest absolute Gasteiger partial charge is 0.336 e. The van der Waals surface area contributed by atoms with Gasteiger partial charge in [0.2, 0.25) is 5.91 Å². The molecule has 0 radical (unpaired) electrons. The van der Waals surface area contributed by atoms with Crippen LogP contribution in [0.25, 0.3) is 0 Å². The van der Waals surface area contributed by atoms with Gasteiger partial charge >= 0.3 is 6.03 Å². The molecule has 1 heterocycles. The standard InChI is InChI=1S/C22H26N4O3/c23-15-21(11-5-1-6-12-21)24-18(27)14-26-19(28)22(25-20(26)29)13-7-4-9-16-8-2-3-10-17(16)22/h2-3,8,10H,1,4-7,9,11-14H2,(H,24,27)(H,25,29). The smallest absolute Gasteiger partial charge is 0.325 e. The van der Waals surface area contributed by atoms with Crippen molar-refractivity contribution < 1.29 is 14.4 Å². The summed E-state index contributed by atoms with van der Waals surface area (Å²) in [6.45, 7) is -0.363. The summed E-state index contributed by atoms with van der Waals surface area (Å²) in [5.74, 6) is -0.836. The number of imide groups is 1. The van der Waals surface area contributed by atoms with Crippen LogP contribution in [-0.2, 0) is 21.5 Å². The summed E-state index contributed by atoms with van der Waals surface area (Å²) in [6, 6.07) is 9.40. The number of hydrogen-bond acceptors (Lipinski definition) is 4. The van der Waals surface area contributed by atoms with E-state index in [1.165, 1.54) is 0 Å². The first kappa shape index (κ1) is 19.4. The second-order valence-corrected chi connectivity index (χ2v) is 8.39. The summed E-state index contributed by atoms with van der Waals surface area (Å²) < 4.78 is 0. The lowest BCUT2D eigenvalue weighted by atomic mass is 9.83. The second-order valence-electron chi connectivity index (χ2n) is 8.39. The zero-order valence-corrected chi connectivity index (χ0v) is 16.5. The van der Waals surface area contributed by atoms with Crippen LogP contribution in [0.3, 0.4) is 0 Å². The fourth-order valence-electron chi connectivity index (χ4n) is 4.99. The van der Waals surface area contributed by atoms with Gasteiger partial charge in [0.1, 0.15) is 17.6 Å². The maximum absolute atomic E-state index is 13.4. The topological polar surface area (TPSA) is 102 Å². The molecule has 1 aromatic rings. The molecular formula is C22H26N4O3. The molecule has 2 N–H and O–H groups in total. The number of nitrogens with zero attached hydrogens (tertiary/aromatic N) is 2. The van der Waals surface area contributed by atoms with Crippen LogP contribution in [0.2, 0.25) is 0 Å². The van der Waals surface area contributed by atoms with Crippen LogP contribution in [0.5, 0.6) is 0 Å². The molecule has 3 aliphatic rings. The highest BCUT2D eigenvalue weighted by atomic mass is 16.2. The van der Waals surface area contributed by atoms with Crippen LogP contribution in [0, 0.1) is 11.3 Å². The Morgan fingerprint density at radius 2 is 1.83 bits per heavy atom. The highest BCUT2D eigenvalue weighted by Gasteiger charge is 2.53. The average molecular weight is 394 g/mol. The van der Waals surface area contributed by atoms with Crippen molar-refractivity contribution in [3.63, 3.8) is 0 Å². The predicted octanol–water partition coefficient (Wildman–Crippen LogP) is 2.50. The molecule has 1 saturated heterocycles. The number of fused-ring (bicyclic) bond motifs is 2. The summed E-state index contributed by atoms with van der Waals surface area (Å²) in [5.41, 5.74) is -0.0845. The Morgan fingerprint density at radius 1 is 1.10 bits per heavy atom. The monoisotopic (exact) mass is 394 g/mol. The van der Waals surface area contributed by atoms with Crippen LogP contribution < -0.4 is 10.6 Å². The van der Waals surface area contributed by atoms with Gasteiger partial charge in [-0.15, -0.1) is 0 Å². The molecule has 0 aromatic heterocycles. The van der Waals surface area contributed by atoms with Crippen molar-refractivity contribution in [1.82, 2.24) is 15.5 Å². The number of carbonyl (C=O) groups excluding carboxylic acids is 3. The lowest BCUT2D eigenvalue weighted by molar-refractivity contribution is -0.136. The summed E-state index contributed by atoms with van der Waals surface area (Å²) in [5, 5.41) is 15.3. The predicted molar refractivity (Wildman–Crippen MR) is 105 cm³/mol. The van der Waals surface area contributed by atoms with Crippen molar-refractivity contribution in [2.75, 3.05) is 6.54 Å². The molecule has 29 heavy (non-hydrogen) atoms. The molecule has 4 amide bonds. The first-order chi connectivity index (χ1) is 14.0. The quantitative estimate of drug-likeness (QED) is 0.769. The Bertz CT molecular complexity index is 884. The Kier molecular flexibility index (Phi) is 5.03. The van der Waals surface area contributed by atoms with Crippen LogP contribution in [0.1, 0.15) is 62.5 Å². The van der Waals surface area contributed by atoms with Gasteiger partial charge in [-0.25, -0.2) is 4.79 Å². The summed E-state index contributed by atoms with van der Waals surface area (Å²) in [4.78, 5) is 39.8. The third kappa shape index (κ3) is 3.37. The summed E-state index contributed by atoms with van der Waals surface area (Å²) in [6.07, 6.45) is 7.19. The number of hydrogen-bond donors (Lipinski definition) is 2. The van der Waals surface area contributed by atoms with E-state index in [4.69, 9.17) is 0 Å². The van der Waals surface area contributed by atoms with E-state index in [2.05, 4.69) is 16.7 Å². The molecule has 7 nitrogen and oxygen atoms in total. The van der Waals surface area contributed by atoms with Crippen molar-refractivity contribution in [3.05, 3.63) is 35.4 Å². The molecule has 1 atom stereocenters. The molecule has 1 saturated carbocycles. The van der Waals surface area contributed by atoms with Gasteiger partial charge in [-0.3, -0.25) is 14.5 Å². The highest BCUT2D eigenvalue weighted by Crippen LogP contribution is 2.39. The number of benzene rings is 1. The van der Waals surface area contributed by atoms with Gasteiger partial charge in [0.15, 0.2) is 0 Å². The number of rotatable bonds is 3. The van der Waals surface area contributed by atoms with Crippen LogP contribution in [-0.4, -0.2) is 34.8 Å². The number of amides is 4. The van der Waals surface area contributed by atoms with E-state index in [-0.39, 0.29) is 12.5 Å². The fraction of sp³-hybridized carbons (Fsp3) is 0.545. The number of nitrogens with one attached hydrogen (secondary N) is 2. The number of urea groups is 1. The fourth-order valence-corrected chi connectivity index (χ4v) is 4.99. The minimum atomic E-state index is -1.10. The Morgan fingerprint density at radius 3 is 2.59 bits per heavy atom. The molecule has 2 aliphatic carbocycles. The maximum atomic E-state index is 13.4.